The molecule has 6 nitrogen and oxygen atoms in total. The largest absolute Gasteiger partial charge is 0.504 e. The van der Waals surface area contributed by atoms with Gasteiger partial charge in [-0.3, -0.25) is 4.79 Å². The Morgan fingerprint density at radius 3 is 2.43 bits per heavy atom. The minimum Gasteiger partial charge on any atom is -0.504 e. The number of halogens is 3. The van der Waals surface area contributed by atoms with Gasteiger partial charge in [0.05, 0.1) is 18.6 Å². The zero-order chi connectivity index (χ0) is 21.3. The minimum absolute atomic E-state index is 0.0265. The average Bonchev–Trinajstić information content (AvgIpc) is 2.74. The molecule has 0 amide bonds. The van der Waals surface area contributed by atoms with Crippen LogP contribution in [0.4, 0.5) is 19.1 Å². The van der Waals surface area contributed by atoms with Gasteiger partial charge in [0.25, 0.3) is 0 Å². The number of phenolic OH excluding ortho intramolecular Hbond substituents is 1. The Morgan fingerprint density at radius 2 is 1.77 bits per heavy atom. The number of ether oxygens (including phenoxy) is 2. The van der Waals surface area contributed by atoms with Gasteiger partial charge in [0.1, 0.15) is 12.2 Å². The molecule has 1 aliphatic heterocycles. The van der Waals surface area contributed by atoms with Crippen molar-refractivity contribution in [3.63, 3.8) is 0 Å². The van der Waals surface area contributed by atoms with Crippen LogP contribution in [0.25, 0.3) is 11.0 Å². The molecule has 9 heteroatoms. The normalized spacial score (nSPS) is 14.8. The first-order valence-corrected chi connectivity index (χ1v) is 9.25. The smallest absolute Gasteiger partial charge is 0.420 e. The van der Waals surface area contributed by atoms with Crippen LogP contribution in [0.2, 0.25) is 0 Å². The van der Waals surface area contributed by atoms with Crippen molar-refractivity contribution in [3.8, 4) is 11.5 Å². The highest BCUT2D eigenvalue weighted by atomic mass is 19.4. The van der Waals surface area contributed by atoms with Gasteiger partial charge in [0, 0.05) is 13.1 Å². The Morgan fingerprint density at radius 1 is 1.07 bits per heavy atom. The lowest BCUT2D eigenvalue weighted by Crippen LogP contribution is -2.37. The molecule has 3 aromatic rings. The van der Waals surface area contributed by atoms with E-state index in [4.69, 9.17) is 13.9 Å². The first-order valence-electron chi connectivity index (χ1n) is 9.25. The monoisotopic (exact) mass is 421 g/mol. The molecule has 4 rings (SSSR count). The van der Waals surface area contributed by atoms with Crippen LogP contribution in [0.5, 0.6) is 11.5 Å². The molecule has 2 heterocycles. The second kappa shape index (κ2) is 7.91. The van der Waals surface area contributed by atoms with Gasteiger partial charge in [-0.1, -0.05) is 30.3 Å². The van der Waals surface area contributed by atoms with Crippen molar-refractivity contribution < 1.29 is 32.2 Å². The standard InChI is InChI=1S/C21H18F3NO5/c22-21(23,24)15-7-6-14-16(26)19(29-12-13-4-2-1-3-5-13)20(30-18(14)17(15)27)25-8-10-28-11-9-25/h1-7,27H,8-12H2. The number of rotatable bonds is 4. The van der Waals surface area contributed by atoms with Gasteiger partial charge in [0.15, 0.2) is 11.3 Å². The summed E-state index contributed by atoms with van der Waals surface area (Å²) in [5.41, 5.74) is -1.65. The first-order chi connectivity index (χ1) is 14.4. The summed E-state index contributed by atoms with van der Waals surface area (Å²) in [7, 11) is 0. The molecule has 30 heavy (non-hydrogen) atoms. The van der Waals surface area contributed by atoms with E-state index < -0.39 is 28.5 Å². The Kier molecular flexibility index (Phi) is 5.29. The maximum absolute atomic E-state index is 13.2. The lowest BCUT2D eigenvalue weighted by molar-refractivity contribution is -0.138. The third-order valence-electron chi connectivity index (χ3n) is 4.81. The lowest BCUT2D eigenvalue weighted by atomic mass is 10.1. The van der Waals surface area contributed by atoms with Gasteiger partial charge >= 0.3 is 6.18 Å². The summed E-state index contributed by atoms with van der Waals surface area (Å²) in [5, 5.41) is 10.0. The van der Waals surface area contributed by atoms with Gasteiger partial charge in [-0.2, -0.15) is 13.2 Å². The van der Waals surface area contributed by atoms with E-state index in [1.165, 1.54) is 0 Å². The zero-order valence-electron chi connectivity index (χ0n) is 15.7. The summed E-state index contributed by atoms with van der Waals surface area (Å²) >= 11 is 0. The summed E-state index contributed by atoms with van der Waals surface area (Å²) in [6, 6.07) is 10.8. The number of morpholine rings is 1. The first kappa shape index (κ1) is 20.1. The van der Waals surface area contributed by atoms with Crippen molar-refractivity contribution in [2.24, 2.45) is 0 Å². The van der Waals surface area contributed by atoms with Crippen LogP contribution >= 0.6 is 0 Å². The molecular formula is C21H18F3NO5. The quantitative estimate of drug-likeness (QED) is 0.688. The molecule has 1 aromatic heterocycles. The van der Waals surface area contributed by atoms with Gasteiger partial charge in [-0.25, -0.2) is 0 Å². The van der Waals surface area contributed by atoms with Crippen LogP contribution in [0.15, 0.2) is 51.7 Å². The molecule has 0 radical (unpaired) electrons. The highest BCUT2D eigenvalue weighted by Crippen LogP contribution is 2.41. The molecule has 0 spiro atoms. The fraction of sp³-hybridized carbons (Fsp3) is 0.286. The van der Waals surface area contributed by atoms with Gasteiger partial charge in [-0.15, -0.1) is 0 Å². The number of hydrogen-bond donors (Lipinski definition) is 1. The number of phenols is 1. The second-order valence-electron chi connectivity index (χ2n) is 6.78. The van der Waals surface area contributed by atoms with Crippen LogP contribution in [0.3, 0.4) is 0 Å². The molecule has 1 saturated heterocycles. The average molecular weight is 421 g/mol. The van der Waals surface area contributed by atoms with E-state index in [1.54, 1.807) is 4.90 Å². The van der Waals surface area contributed by atoms with E-state index in [0.717, 1.165) is 11.6 Å². The Balaban J connectivity index is 1.85. The van der Waals surface area contributed by atoms with Gasteiger partial charge < -0.3 is 23.9 Å². The third-order valence-corrected chi connectivity index (χ3v) is 4.81. The third kappa shape index (κ3) is 3.80. The molecule has 158 valence electrons. The van der Waals surface area contributed by atoms with Crippen LogP contribution < -0.4 is 15.1 Å². The number of anilines is 1. The summed E-state index contributed by atoms with van der Waals surface area (Å²) in [6.45, 7) is 1.50. The van der Waals surface area contributed by atoms with Crippen LogP contribution in [-0.4, -0.2) is 31.4 Å². The number of alkyl halides is 3. The van der Waals surface area contributed by atoms with E-state index in [9.17, 15) is 23.1 Å². The molecule has 1 aliphatic rings. The fourth-order valence-electron chi connectivity index (χ4n) is 3.28. The van der Waals surface area contributed by atoms with Crippen molar-refractivity contribution >= 4 is 16.9 Å². The van der Waals surface area contributed by atoms with Crippen molar-refractivity contribution in [1.82, 2.24) is 0 Å². The van der Waals surface area contributed by atoms with Crippen molar-refractivity contribution in [2.45, 2.75) is 12.8 Å². The van der Waals surface area contributed by atoms with Crippen molar-refractivity contribution in [1.29, 1.82) is 0 Å². The number of benzene rings is 2. The van der Waals surface area contributed by atoms with Gasteiger partial charge in [0.2, 0.25) is 17.1 Å². The minimum atomic E-state index is -4.79. The van der Waals surface area contributed by atoms with E-state index in [2.05, 4.69) is 0 Å². The van der Waals surface area contributed by atoms with Crippen molar-refractivity contribution in [2.75, 3.05) is 31.2 Å². The molecular weight excluding hydrogens is 403 g/mol. The number of nitrogens with zero attached hydrogens (tertiary/aromatic N) is 1. The Hall–Kier alpha value is -3.20. The molecule has 1 fully saturated rings. The predicted molar refractivity (Wildman–Crippen MR) is 103 cm³/mol. The summed E-state index contributed by atoms with van der Waals surface area (Å²) in [6.07, 6.45) is -4.79. The zero-order valence-corrected chi connectivity index (χ0v) is 15.7. The topological polar surface area (TPSA) is 72.1 Å². The summed E-state index contributed by atoms with van der Waals surface area (Å²) < 4.78 is 56.3. The van der Waals surface area contributed by atoms with Crippen LogP contribution in [0, 0.1) is 0 Å². The number of hydrogen-bond acceptors (Lipinski definition) is 6. The molecule has 0 bridgehead atoms. The molecule has 0 unspecified atom stereocenters. The summed E-state index contributed by atoms with van der Waals surface area (Å²) in [5.74, 6) is -1.27. The van der Waals surface area contributed by atoms with E-state index in [1.807, 2.05) is 30.3 Å². The Labute approximate surface area is 169 Å². The van der Waals surface area contributed by atoms with E-state index in [-0.39, 0.29) is 23.6 Å². The highest BCUT2D eigenvalue weighted by molar-refractivity contribution is 5.86. The second-order valence-corrected chi connectivity index (χ2v) is 6.78. The van der Waals surface area contributed by atoms with Crippen LogP contribution in [0.1, 0.15) is 11.1 Å². The molecule has 0 saturated carbocycles. The number of fused-ring (bicyclic) bond motifs is 1. The highest BCUT2D eigenvalue weighted by Gasteiger charge is 2.36. The molecule has 0 aliphatic carbocycles. The summed E-state index contributed by atoms with van der Waals surface area (Å²) in [4.78, 5) is 14.7. The maximum Gasteiger partial charge on any atom is 0.420 e. The van der Waals surface area contributed by atoms with E-state index >= 15 is 0 Å². The fourth-order valence-corrected chi connectivity index (χ4v) is 3.28. The van der Waals surface area contributed by atoms with Gasteiger partial charge in [-0.05, 0) is 17.7 Å². The van der Waals surface area contributed by atoms with Crippen LogP contribution in [-0.2, 0) is 17.5 Å². The molecule has 2 aromatic carbocycles. The Bertz CT molecular complexity index is 1110. The predicted octanol–water partition coefficient (Wildman–Crippen LogP) is 3.93. The molecule has 1 N–H and O–H groups in total. The van der Waals surface area contributed by atoms with Crippen molar-refractivity contribution in [3.05, 3.63) is 63.8 Å². The molecule has 0 atom stereocenters. The maximum atomic E-state index is 13.2. The number of aromatic hydroxyl groups is 1. The SMILES string of the molecule is O=c1c(OCc2ccccc2)c(N2CCOCC2)oc2c(O)c(C(F)(F)F)ccc12. The van der Waals surface area contributed by atoms with E-state index in [0.29, 0.717) is 32.4 Å². The lowest BCUT2D eigenvalue weighted by Gasteiger charge is -2.28.